The van der Waals surface area contributed by atoms with E-state index < -0.39 is 5.60 Å². The van der Waals surface area contributed by atoms with Gasteiger partial charge in [0.1, 0.15) is 23.7 Å². The molecule has 9 nitrogen and oxygen atoms in total. The number of nitrogens with zero attached hydrogens (tertiary/aromatic N) is 4. The molecule has 4 aliphatic rings. The van der Waals surface area contributed by atoms with E-state index in [4.69, 9.17) is 14.5 Å². The fourth-order valence-electron chi connectivity index (χ4n) is 7.56. The van der Waals surface area contributed by atoms with E-state index in [1.54, 1.807) is 10.6 Å². The zero-order valence-electron chi connectivity index (χ0n) is 25.4. The van der Waals surface area contributed by atoms with Crippen molar-refractivity contribution < 1.29 is 19.4 Å². The topological polar surface area (TPSA) is 97.1 Å². The molecule has 1 N–H and O–H groups in total. The predicted molar refractivity (Wildman–Crippen MR) is 169 cm³/mol. The Morgan fingerprint density at radius 1 is 1.16 bits per heavy atom. The molecule has 2 fully saturated rings. The summed E-state index contributed by atoms with van der Waals surface area (Å²) < 4.78 is 13.3. The molecule has 0 unspecified atom stereocenters. The van der Waals surface area contributed by atoms with Crippen molar-refractivity contribution in [2.75, 3.05) is 26.2 Å². The first-order valence-corrected chi connectivity index (χ1v) is 15.9. The number of ether oxygens (including phenoxy) is 2. The van der Waals surface area contributed by atoms with Crippen LogP contribution in [-0.2, 0) is 29.9 Å². The number of hydrogen-bond acceptors (Lipinski definition) is 7. The maximum absolute atomic E-state index is 13.7. The van der Waals surface area contributed by atoms with Gasteiger partial charge in [0.05, 0.1) is 29.0 Å². The van der Waals surface area contributed by atoms with E-state index in [2.05, 4.69) is 18.1 Å². The van der Waals surface area contributed by atoms with Crippen molar-refractivity contribution in [3.63, 3.8) is 0 Å². The Kier molecular flexibility index (Phi) is 7.33. The molecule has 44 heavy (non-hydrogen) atoms. The Hall–Kier alpha value is -3.95. The SMILES string of the molecule is C=CCc1c2c(nc3ccc(OC(=O)N4CCC(N5CCCCC5)CC4)cc13)-c1cc3c(c(=O)n1C2)COC(=C)[C@]3(O)CC. The third-order valence-electron chi connectivity index (χ3n) is 10.1. The van der Waals surface area contributed by atoms with Crippen LogP contribution in [0.4, 0.5) is 4.79 Å². The monoisotopic (exact) mass is 596 g/mol. The standard InChI is InChI=1S/C35H40N4O5/c1-4-9-25-26-18-24(44-34(41)38-16-12-23(13-17-38)37-14-7-6-8-15-37)10-11-30(26)36-32-27(25)20-39-31(32)19-29-28(33(39)40)21-43-22(3)35(29,42)5-2/h4,10-11,18-19,23,42H,1,3,5-9,12-17,20-21H2,2H3/t35-/m1/s1. The van der Waals surface area contributed by atoms with Gasteiger partial charge in [0, 0.05) is 35.6 Å². The Morgan fingerprint density at radius 3 is 2.66 bits per heavy atom. The summed E-state index contributed by atoms with van der Waals surface area (Å²) >= 11 is 0. The van der Waals surface area contributed by atoms with Crippen LogP contribution in [0.5, 0.6) is 5.75 Å². The van der Waals surface area contributed by atoms with Gasteiger partial charge in [-0.3, -0.25) is 4.79 Å². The van der Waals surface area contributed by atoms with Crippen molar-refractivity contribution in [1.29, 1.82) is 0 Å². The average molecular weight is 597 g/mol. The molecule has 4 aliphatic heterocycles. The van der Waals surface area contributed by atoms with Crippen LogP contribution in [0.15, 0.2) is 54.1 Å². The number of likely N-dealkylation sites (tertiary alicyclic amines) is 2. The van der Waals surface area contributed by atoms with E-state index >= 15 is 0 Å². The van der Waals surface area contributed by atoms with Crippen LogP contribution in [0.1, 0.15) is 67.7 Å². The minimum Gasteiger partial charge on any atom is -0.490 e. The summed E-state index contributed by atoms with van der Waals surface area (Å²) in [5.74, 6) is 0.724. The molecule has 2 saturated heterocycles. The summed E-state index contributed by atoms with van der Waals surface area (Å²) in [6.45, 7) is 13.9. The summed E-state index contributed by atoms with van der Waals surface area (Å²) in [6, 6.07) is 7.96. The van der Waals surface area contributed by atoms with Gasteiger partial charge in [0.15, 0.2) is 0 Å². The molecule has 6 heterocycles. The van der Waals surface area contributed by atoms with Crippen LogP contribution < -0.4 is 10.3 Å². The van der Waals surface area contributed by atoms with E-state index in [1.807, 2.05) is 36.1 Å². The van der Waals surface area contributed by atoms with Crippen LogP contribution in [0.25, 0.3) is 22.3 Å². The molecule has 0 radical (unpaired) electrons. The number of aromatic nitrogens is 2. The van der Waals surface area contributed by atoms with Crippen molar-refractivity contribution in [3.8, 4) is 17.1 Å². The van der Waals surface area contributed by atoms with Gasteiger partial charge in [-0.2, -0.15) is 0 Å². The fourth-order valence-corrected chi connectivity index (χ4v) is 7.56. The van der Waals surface area contributed by atoms with Gasteiger partial charge in [-0.05, 0) is 81.4 Å². The number of aliphatic hydroxyl groups is 1. The van der Waals surface area contributed by atoms with E-state index in [0.29, 0.717) is 66.8 Å². The molecule has 0 bridgehead atoms. The smallest absolute Gasteiger partial charge is 0.415 e. The van der Waals surface area contributed by atoms with Crippen LogP contribution >= 0.6 is 0 Å². The highest BCUT2D eigenvalue weighted by molar-refractivity contribution is 5.90. The molecule has 7 rings (SSSR count). The molecule has 0 saturated carbocycles. The summed E-state index contributed by atoms with van der Waals surface area (Å²) in [6.07, 6.45) is 8.23. The maximum Gasteiger partial charge on any atom is 0.415 e. The number of pyridine rings is 2. The quantitative estimate of drug-likeness (QED) is 0.315. The van der Waals surface area contributed by atoms with Gasteiger partial charge in [0.2, 0.25) is 0 Å². The largest absolute Gasteiger partial charge is 0.490 e. The van der Waals surface area contributed by atoms with Gasteiger partial charge in [-0.25, -0.2) is 9.78 Å². The summed E-state index contributed by atoms with van der Waals surface area (Å²) in [5, 5.41) is 12.3. The number of rotatable bonds is 5. The van der Waals surface area contributed by atoms with Gasteiger partial charge in [0.25, 0.3) is 5.56 Å². The lowest BCUT2D eigenvalue weighted by atomic mass is 9.84. The molecular weight excluding hydrogens is 556 g/mol. The Labute approximate surface area is 257 Å². The van der Waals surface area contributed by atoms with Crippen LogP contribution in [0.2, 0.25) is 0 Å². The number of benzene rings is 1. The third kappa shape index (κ3) is 4.64. The molecule has 9 heteroatoms. The van der Waals surface area contributed by atoms with Crippen LogP contribution in [0, 0.1) is 0 Å². The minimum atomic E-state index is -1.44. The first-order valence-electron chi connectivity index (χ1n) is 15.9. The zero-order chi connectivity index (χ0) is 30.6. The summed E-state index contributed by atoms with van der Waals surface area (Å²) in [5.41, 5.74) is 3.40. The lowest BCUT2D eigenvalue weighted by Gasteiger charge is -2.39. The lowest BCUT2D eigenvalue weighted by molar-refractivity contribution is -0.0172. The normalized spacial score (nSPS) is 21.9. The molecule has 1 atom stereocenters. The van der Waals surface area contributed by atoms with Crippen LogP contribution in [-0.4, -0.2) is 62.8 Å². The first kappa shape index (κ1) is 28.8. The van der Waals surface area contributed by atoms with E-state index in [1.165, 1.54) is 32.4 Å². The highest BCUT2D eigenvalue weighted by atomic mass is 16.6. The second kappa shape index (κ2) is 11.2. The highest BCUT2D eigenvalue weighted by Crippen LogP contribution is 2.43. The first-order chi connectivity index (χ1) is 21.3. The second-order valence-electron chi connectivity index (χ2n) is 12.5. The van der Waals surface area contributed by atoms with E-state index in [-0.39, 0.29) is 24.0 Å². The van der Waals surface area contributed by atoms with Gasteiger partial charge in [-0.15, -0.1) is 6.58 Å². The minimum absolute atomic E-state index is 0.0749. The Bertz CT molecular complexity index is 1730. The summed E-state index contributed by atoms with van der Waals surface area (Å²) in [7, 11) is 0. The molecule has 1 aromatic carbocycles. The van der Waals surface area contributed by atoms with Crippen molar-refractivity contribution >= 4 is 17.0 Å². The van der Waals surface area contributed by atoms with Crippen molar-refractivity contribution in [1.82, 2.24) is 19.4 Å². The zero-order valence-corrected chi connectivity index (χ0v) is 25.4. The highest BCUT2D eigenvalue weighted by Gasteiger charge is 2.41. The lowest BCUT2D eigenvalue weighted by Crippen LogP contribution is -2.48. The van der Waals surface area contributed by atoms with E-state index in [9.17, 15) is 14.7 Å². The van der Waals surface area contributed by atoms with Gasteiger partial charge >= 0.3 is 6.09 Å². The fraction of sp³-hybridized carbons (Fsp3) is 0.457. The van der Waals surface area contributed by atoms with Crippen molar-refractivity contribution in [2.45, 2.75) is 76.7 Å². The van der Waals surface area contributed by atoms with Gasteiger partial charge in [-0.1, -0.05) is 26.0 Å². The van der Waals surface area contributed by atoms with Crippen molar-refractivity contribution in [2.24, 2.45) is 0 Å². The Balaban J connectivity index is 1.18. The Morgan fingerprint density at radius 2 is 1.93 bits per heavy atom. The number of amides is 1. The molecule has 3 aromatic rings. The molecule has 0 spiro atoms. The molecule has 230 valence electrons. The van der Waals surface area contributed by atoms with Gasteiger partial charge < -0.3 is 28.9 Å². The molecule has 1 amide bonds. The molecular formula is C35H40N4O5. The number of carbonyl (C=O) groups is 1. The predicted octanol–water partition coefficient (Wildman–Crippen LogP) is 5.24. The number of hydrogen-bond donors (Lipinski definition) is 1. The third-order valence-corrected chi connectivity index (χ3v) is 10.1. The number of carbonyl (C=O) groups excluding carboxylic acids is 1. The summed E-state index contributed by atoms with van der Waals surface area (Å²) in [4.78, 5) is 36.3. The van der Waals surface area contributed by atoms with Crippen LogP contribution in [0.3, 0.4) is 0 Å². The number of allylic oxidation sites excluding steroid dienone is 1. The number of fused-ring (bicyclic) bond motifs is 5. The van der Waals surface area contributed by atoms with E-state index in [0.717, 1.165) is 34.9 Å². The number of piperidine rings is 2. The maximum atomic E-state index is 13.7. The molecule has 0 aliphatic carbocycles. The van der Waals surface area contributed by atoms with Crippen molar-refractivity contribution in [3.05, 3.63) is 81.9 Å². The second-order valence-corrected chi connectivity index (χ2v) is 12.5. The molecule has 2 aromatic heterocycles. The average Bonchev–Trinajstić information content (AvgIpc) is 3.42.